The van der Waals surface area contributed by atoms with Crippen LogP contribution in [0.4, 0.5) is 0 Å². The van der Waals surface area contributed by atoms with Crippen LogP contribution in [0.25, 0.3) is 0 Å². The number of phenolic OH excluding ortho intramolecular Hbond substituents is 1. The fourth-order valence-corrected chi connectivity index (χ4v) is 2.87. The van der Waals surface area contributed by atoms with Crippen LogP contribution in [-0.4, -0.2) is 10.9 Å². The van der Waals surface area contributed by atoms with E-state index in [-0.39, 0.29) is 16.9 Å². The smallest absolute Gasteiger partial charge is 0.163 e. The SMILES string of the molecule is CCC1(CC(=O)c2ccc(O)cc2)CCCC1. The lowest BCUT2D eigenvalue weighted by Crippen LogP contribution is -2.20. The zero-order valence-corrected chi connectivity index (χ0v) is 10.4. The second kappa shape index (κ2) is 4.91. The zero-order chi connectivity index (χ0) is 12.3. The lowest BCUT2D eigenvalue weighted by atomic mass is 9.78. The van der Waals surface area contributed by atoms with Crippen LogP contribution in [0.1, 0.15) is 55.8 Å². The number of phenols is 1. The number of aromatic hydroxyl groups is 1. The van der Waals surface area contributed by atoms with E-state index in [1.165, 1.54) is 25.7 Å². The Labute approximate surface area is 103 Å². The van der Waals surface area contributed by atoms with Gasteiger partial charge in [-0.05, 0) is 42.5 Å². The number of carbonyl (C=O) groups excluding carboxylic acids is 1. The normalized spacial score (nSPS) is 18.2. The topological polar surface area (TPSA) is 37.3 Å². The van der Waals surface area contributed by atoms with Gasteiger partial charge in [0.25, 0.3) is 0 Å². The van der Waals surface area contributed by atoms with E-state index >= 15 is 0 Å². The van der Waals surface area contributed by atoms with E-state index in [4.69, 9.17) is 0 Å². The lowest BCUT2D eigenvalue weighted by molar-refractivity contribution is 0.0907. The van der Waals surface area contributed by atoms with Gasteiger partial charge in [0.2, 0.25) is 0 Å². The van der Waals surface area contributed by atoms with Crippen molar-refractivity contribution >= 4 is 5.78 Å². The first-order valence-corrected chi connectivity index (χ1v) is 6.47. The Morgan fingerprint density at radius 1 is 1.24 bits per heavy atom. The molecule has 1 N–H and O–H groups in total. The first-order valence-electron chi connectivity index (χ1n) is 6.47. The summed E-state index contributed by atoms with van der Waals surface area (Å²) in [5.74, 6) is 0.432. The van der Waals surface area contributed by atoms with E-state index in [9.17, 15) is 9.90 Å². The molecule has 0 bridgehead atoms. The molecule has 0 aromatic heterocycles. The Bertz CT molecular complexity index is 386. The van der Waals surface area contributed by atoms with E-state index in [0.29, 0.717) is 6.42 Å². The van der Waals surface area contributed by atoms with Crippen LogP contribution in [0, 0.1) is 5.41 Å². The van der Waals surface area contributed by atoms with Gasteiger partial charge < -0.3 is 5.11 Å². The van der Waals surface area contributed by atoms with Gasteiger partial charge in [0.15, 0.2) is 5.78 Å². The predicted molar refractivity (Wildman–Crippen MR) is 68.2 cm³/mol. The molecule has 0 atom stereocenters. The molecule has 0 saturated heterocycles. The number of Topliss-reactive ketones (excluding diaryl/α,β-unsaturated/α-hetero) is 1. The fourth-order valence-electron chi connectivity index (χ4n) is 2.87. The maximum absolute atomic E-state index is 12.2. The average molecular weight is 232 g/mol. The van der Waals surface area contributed by atoms with Gasteiger partial charge in [0.05, 0.1) is 0 Å². The number of carbonyl (C=O) groups is 1. The highest BCUT2D eigenvalue weighted by molar-refractivity contribution is 5.96. The van der Waals surface area contributed by atoms with Gasteiger partial charge in [-0.1, -0.05) is 26.2 Å². The number of hydrogen-bond donors (Lipinski definition) is 1. The van der Waals surface area contributed by atoms with Crippen molar-refractivity contribution in [3.8, 4) is 5.75 Å². The molecule has 0 aliphatic heterocycles. The van der Waals surface area contributed by atoms with Crippen molar-refractivity contribution in [1.29, 1.82) is 0 Å². The summed E-state index contributed by atoms with van der Waals surface area (Å²) in [7, 11) is 0. The van der Waals surface area contributed by atoms with Crippen molar-refractivity contribution in [2.75, 3.05) is 0 Å². The molecule has 1 aromatic rings. The molecule has 2 heteroatoms. The van der Waals surface area contributed by atoms with Gasteiger partial charge >= 0.3 is 0 Å². The standard InChI is InChI=1S/C15H20O2/c1-2-15(9-3-4-10-15)11-14(17)12-5-7-13(16)8-6-12/h5-8,16H,2-4,9-11H2,1H3. The summed E-state index contributed by atoms with van der Waals surface area (Å²) in [6.07, 6.45) is 6.65. The van der Waals surface area contributed by atoms with Crippen molar-refractivity contribution in [2.24, 2.45) is 5.41 Å². The highest BCUT2D eigenvalue weighted by atomic mass is 16.3. The van der Waals surface area contributed by atoms with Crippen LogP contribution in [0.5, 0.6) is 5.75 Å². The summed E-state index contributed by atoms with van der Waals surface area (Å²) in [6.45, 7) is 2.19. The molecule has 1 aliphatic rings. The number of ketones is 1. The van der Waals surface area contributed by atoms with Crippen LogP contribution < -0.4 is 0 Å². The largest absolute Gasteiger partial charge is 0.508 e. The van der Waals surface area contributed by atoms with E-state index < -0.39 is 0 Å². The molecule has 2 nitrogen and oxygen atoms in total. The van der Waals surface area contributed by atoms with E-state index in [1.54, 1.807) is 24.3 Å². The van der Waals surface area contributed by atoms with E-state index in [2.05, 4.69) is 6.92 Å². The van der Waals surface area contributed by atoms with Crippen molar-refractivity contribution in [2.45, 2.75) is 45.4 Å². The summed E-state index contributed by atoms with van der Waals surface area (Å²) >= 11 is 0. The third kappa shape index (κ3) is 2.68. The first-order chi connectivity index (χ1) is 8.15. The van der Waals surface area contributed by atoms with Gasteiger partial charge in [-0.15, -0.1) is 0 Å². The van der Waals surface area contributed by atoms with Crippen molar-refractivity contribution in [1.82, 2.24) is 0 Å². The molecule has 1 fully saturated rings. The molecule has 92 valence electrons. The summed E-state index contributed by atoms with van der Waals surface area (Å²) in [6, 6.07) is 6.60. The van der Waals surface area contributed by atoms with E-state index in [1.807, 2.05) is 0 Å². The van der Waals surface area contributed by atoms with Crippen molar-refractivity contribution in [3.63, 3.8) is 0 Å². The molecule has 0 amide bonds. The number of hydrogen-bond acceptors (Lipinski definition) is 2. The molecule has 1 aromatic carbocycles. The van der Waals surface area contributed by atoms with Gasteiger partial charge in [-0.3, -0.25) is 4.79 Å². The second-order valence-electron chi connectivity index (χ2n) is 5.21. The predicted octanol–water partition coefficient (Wildman–Crippen LogP) is 3.94. The van der Waals surface area contributed by atoms with Crippen LogP contribution in [0.15, 0.2) is 24.3 Å². The van der Waals surface area contributed by atoms with Crippen LogP contribution in [-0.2, 0) is 0 Å². The molecule has 2 rings (SSSR count). The average Bonchev–Trinajstić information content (AvgIpc) is 2.79. The summed E-state index contributed by atoms with van der Waals surface area (Å²) in [5.41, 5.74) is 0.970. The maximum atomic E-state index is 12.2. The molecule has 0 radical (unpaired) electrons. The fraction of sp³-hybridized carbons (Fsp3) is 0.533. The molecule has 0 heterocycles. The minimum absolute atomic E-state index is 0.215. The summed E-state index contributed by atoms with van der Waals surface area (Å²) in [4.78, 5) is 12.2. The van der Waals surface area contributed by atoms with Crippen molar-refractivity contribution < 1.29 is 9.90 Å². The monoisotopic (exact) mass is 232 g/mol. The van der Waals surface area contributed by atoms with Crippen LogP contribution in [0.3, 0.4) is 0 Å². The van der Waals surface area contributed by atoms with Gasteiger partial charge in [0, 0.05) is 12.0 Å². The summed E-state index contributed by atoms with van der Waals surface area (Å²) in [5, 5.41) is 9.21. The Morgan fingerprint density at radius 2 is 1.82 bits per heavy atom. The first kappa shape index (κ1) is 12.2. The number of benzene rings is 1. The quantitative estimate of drug-likeness (QED) is 0.798. The maximum Gasteiger partial charge on any atom is 0.163 e. The minimum Gasteiger partial charge on any atom is -0.508 e. The van der Waals surface area contributed by atoms with Gasteiger partial charge in [0.1, 0.15) is 5.75 Å². The molecule has 0 unspecified atom stereocenters. The van der Waals surface area contributed by atoms with Crippen molar-refractivity contribution in [3.05, 3.63) is 29.8 Å². The summed E-state index contributed by atoms with van der Waals surface area (Å²) < 4.78 is 0. The minimum atomic E-state index is 0.215. The third-order valence-corrected chi connectivity index (χ3v) is 4.14. The molecule has 0 spiro atoms. The zero-order valence-electron chi connectivity index (χ0n) is 10.4. The highest BCUT2D eigenvalue weighted by Gasteiger charge is 2.34. The highest BCUT2D eigenvalue weighted by Crippen LogP contribution is 2.44. The van der Waals surface area contributed by atoms with Gasteiger partial charge in [-0.25, -0.2) is 0 Å². The van der Waals surface area contributed by atoms with Crippen LogP contribution in [0.2, 0.25) is 0 Å². The molecular weight excluding hydrogens is 212 g/mol. The molecule has 17 heavy (non-hydrogen) atoms. The molecule has 1 saturated carbocycles. The Morgan fingerprint density at radius 3 is 2.35 bits per heavy atom. The van der Waals surface area contributed by atoms with E-state index in [0.717, 1.165) is 12.0 Å². The Hall–Kier alpha value is -1.31. The Balaban J connectivity index is 2.08. The third-order valence-electron chi connectivity index (χ3n) is 4.14. The lowest BCUT2D eigenvalue weighted by Gasteiger charge is -2.26. The molecular formula is C15H20O2. The molecule has 1 aliphatic carbocycles. The van der Waals surface area contributed by atoms with Crippen LogP contribution >= 0.6 is 0 Å². The number of rotatable bonds is 4. The Kier molecular flexibility index (Phi) is 3.51. The second-order valence-corrected chi connectivity index (χ2v) is 5.21. The van der Waals surface area contributed by atoms with Gasteiger partial charge in [-0.2, -0.15) is 0 Å².